The minimum atomic E-state index is -1.02. The molecule has 1 amide bonds. The number of nitrogens with one attached hydrogen (secondary N) is 1. The molecule has 1 aromatic heterocycles. The lowest BCUT2D eigenvalue weighted by molar-refractivity contribution is -0.140. The number of anilines is 1. The molecule has 194 valence electrons. The van der Waals surface area contributed by atoms with Crippen LogP contribution in [0.4, 0.5) is 23.7 Å². The molecule has 1 atom stereocenters. The highest BCUT2D eigenvalue weighted by atomic mass is 32.1. The van der Waals surface area contributed by atoms with Gasteiger partial charge in [-0.15, -0.1) is 11.3 Å². The smallest absolute Gasteiger partial charge is 0.412 e. The van der Waals surface area contributed by atoms with Crippen LogP contribution in [0.15, 0.2) is 72.8 Å². The molecule has 38 heavy (non-hydrogen) atoms. The molecule has 1 aliphatic rings. The topological polar surface area (TPSA) is 75.6 Å². The Kier molecular flexibility index (Phi) is 6.71. The van der Waals surface area contributed by atoms with Crippen molar-refractivity contribution >= 4 is 29.1 Å². The zero-order valence-corrected chi connectivity index (χ0v) is 21.0. The molecule has 5 nitrogen and oxygen atoms in total. The summed E-state index contributed by atoms with van der Waals surface area (Å²) >= 11 is 0.843. The van der Waals surface area contributed by atoms with Gasteiger partial charge in [-0.3, -0.25) is 10.1 Å². The standard InChI is InChI=1S/C29H22F3NO4S/c1-16(20-11-10-19(30)14-23(20)31)37-28(36)33-24-15-25(32)38-26(24)22-5-3-2-4-21(22)17-6-8-18(9-7-17)29(12-13-29)27(34)35/h2-11,14-16H,12-13H2,1H3,(H,33,36)(H,34,35). The summed E-state index contributed by atoms with van der Waals surface area (Å²) in [4.78, 5) is 24.7. The Bertz CT molecular complexity index is 1530. The number of rotatable bonds is 7. The van der Waals surface area contributed by atoms with Crippen LogP contribution in [0.2, 0.25) is 0 Å². The number of carboxylic acids is 1. The number of hydrogen-bond donors (Lipinski definition) is 2. The summed E-state index contributed by atoms with van der Waals surface area (Å²) in [6.07, 6.45) is -0.742. The highest BCUT2D eigenvalue weighted by Gasteiger charge is 2.51. The molecule has 0 bridgehead atoms. The van der Waals surface area contributed by atoms with Gasteiger partial charge in [-0.25, -0.2) is 13.6 Å². The maximum absolute atomic E-state index is 14.4. The average Bonchev–Trinajstić information content (AvgIpc) is 3.62. The zero-order valence-electron chi connectivity index (χ0n) is 20.1. The lowest BCUT2D eigenvalue weighted by Crippen LogP contribution is -2.19. The Labute approximate surface area is 220 Å². The summed E-state index contributed by atoms with van der Waals surface area (Å²) in [6, 6.07) is 18.7. The summed E-state index contributed by atoms with van der Waals surface area (Å²) in [6.45, 7) is 1.44. The van der Waals surface area contributed by atoms with E-state index in [0.29, 0.717) is 29.3 Å². The third-order valence-corrected chi connectivity index (χ3v) is 7.66. The largest absolute Gasteiger partial charge is 0.481 e. The number of carbonyl (C=O) groups excluding carboxylic acids is 1. The number of aliphatic carboxylic acids is 1. The first kappa shape index (κ1) is 25.5. The molecule has 4 aromatic rings. The highest BCUT2D eigenvalue weighted by molar-refractivity contribution is 7.14. The summed E-state index contributed by atoms with van der Waals surface area (Å²) in [5.41, 5.74) is 2.32. The predicted molar refractivity (Wildman–Crippen MR) is 139 cm³/mol. The van der Waals surface area contributed by atoms with Crippen LogP contribution >= 0.6 is 11.3 Å². The highest BCUT2D eigenvalue weighted by Crippen LogP contribution is 2.49. The van der Waals surface area contributed by atoms with E-state index < -0.39 is 40.3 Å². The number of carboxylic acid groups (broad SMARTS) is 1. The van der Waals surface area contributed by atoms with Crippen molar-refractivity contribution in [2.75, 3.05) is 5.32 Å². The predicted octanol–water partition coefficient (Wildman–Crippen LogP) is 7.93. The number of thiophene rings is 1. The molecule has 0 radical (unpaired) electrons. The van der Waals surface area contributed by atoms with Gasteiger partial charge in [-0.05, 0) is 48.6 Å². The second-order valence-corrected chi connectivity index (χ2v) is 10.1. The van der Waals surface area contributed by atoms with E-state index in [0.717, 1.165) is 34.1 Å². The number of ether oxygens (including phenoxy) is 1. The quantitative estimate of drug-likeness (QED) is 0.251. The molecule has 3 aromatic carbocycles. The second kappa shape index (κ2) is 9.98. The van der Waals surface area contributed by atoms with Gasteiger partial charge in [0.1, 0.15) is 17.7 Å². The lowest BCUT2D eigenvalue weighted by Gasteiger charge is -2.16. The van der Waals surface area contributed by atoms with Gasteiger partial charge in [0, 0.05) is 23.3 Å². The van der Waals surface area contributed by atoms with Crippen LogP contribution in [-0.4, -0.2) is 17.2 Å². The van der Waals surface area contributed by atoms with Crippen molar-refractivity contribution in [1.29, 1.82) is 0 Å². The van der Waals surface area contributed by atoms with Crippen molar-refractivity contribution in [3.05, 3.63) is 101 Å². The molecule has 0 spiro atoms. The molecule has 5 rings (SSSR count). The lowest BCUT2D eigenvalue weighted by atomic mass is 9.92. The van der Waals surface area contributed by atoms with Gasteiger partial charge in [0.2, 0.25) is 0 Å². The van der Waals surface area contributed by atoms with E-state index in [1.165, 1.54) is 19.1 Å². The molecule has 1 unspecified atom stereocenters. The Morgan fingerprint density at radius 2 is 1.66 bits per heavy atom. The summed E-state index contributed by atoms with van der Waals surface area (Å²) in [5.74, 6) is -2.43. The van der Waals surface area contributed by atoms with Gasteiger partial charge in [-0.1, -0.05) is 48.5 Å². The van der Waals surface area contributed by atoms with E-state index >= 15 is 0 Å². The van der Waals surface area contributed by atoms with E-state index in [-0.39, 0.29) is 11.3 Å². The van der Waals surface area contributed by atoms with Gasteiger partial charge >= 0.3 is 12.1 Å². The van der Waals surface area contributed by atoms with E-state index in [2.05, 4.69) is 5.32 Å². The van der Waals surface area contributed by atoms with Gasteiger partial charge in [0.15, 0.2) is 5.13 Å². The van der Waals surface area contributed by atoms with Gasteiger partial charge in [0.25, 0.3) is 0 Å². The number of amides is 1. The maximum Gasteiger partial charge on any atom is 0.412 e. The summed E-state index contributed by atoms with van der Waals surface area (Å²) < 4.78 is 47.0. The number of hydrogen-bond acceptors (Lipinski definition) is 4. The molecular formula is C29H22F3NO4S. The van der Waals surface area contributed by atoms with Crippen molar-refractivity contribution in [2.24, 2.45) is 0 Å². The molecule has 1 heterocycles. The van der Waals surface area contributed by atoms with Crippen molar-refractivity contribution in [2.45, 2.75) is 31.3 Å². The van der Waals surface area contributed by atoms with Gasteiger partial charge < -0.3 is 9.84 Å². The molecule has 2 N–H and O–H groups in total. The summed E-state index contributed by atoms with van der Waals surface area (Å²) in [5, 5.41) is 11.6. The van der Waals surface area contributed by atoms with Crippen LogP contribution in [0.1, 0.15) is 37.0 Å². The van der Waals surface area contributed by atoms with Crippen LogP contribution in [-0.2, 0) is 14.9 Å². The van der Waals surface area contributed by atoms with Crippen LogP contribution < -0.4 is 5.32 Å². The minimum absolute atomic E-state index is 0.00272. The Balaban J connectivity index is 1.40. The maximum atomic E-state index is 14.4. The second-order valence-electron chi connectivity index (χ2n) is 9.14. The SMILES string of the molecule is CC(OC(=O)Nc1cc(F)sc1-c1ccccc1-c1ccc(C2(C(=O)O)CC2)cc1)c1ccc(F)cc1F. The summed E-state index contributed by atoms with van der Waals surface area (Å²) in [7, 11) is 0. The first-order valence-corrected chi connectivity index (χ1v) is 12.7. The van der Waals surface area contributed by atoms with Crippen LogP contribution in [0.25, 0.3) is 21.6 Å². The van der Waals surface area contributed by atoms with Gasteiger partial charge in [-0.2, -0.15) is 4.39 Å². The zero-order chi connectivity index (χ0) is 27.0. The molecule has 9 heteroatoms. The third-order valence-electron chi connectivity index (χ3n) is 6.70. The molecule has 0 aliphatic heterocycles. The van der Waals surface area contributed by atoms with E-state index in [4.69, 9.17) is 4.74 Å². The monoisotopic (exact) mass is 537 g/mol. The van der Waals surface area contributed by atoms with E-state index in [1.807, 2.05) is 24.3 Å². The fourth-order valence-corrected chi connectivity index (χ4v) is 5.38. The molecule has 1 aliphatic carbocycles. The van der Waals surface area contributed by atoms with Crippen molar-refractivity contribution in [3.63, 3.8) is 0 Å². The van der Waals surface area contributed by atoms with Crippen LogP contribution in [0, 0.1) is 16.8 Å². The normalized spacial score (nSPS) is 14.5. The van der Waals surface area contributed by atoms with Gasteiger partial charge in [0.05, 0.1) is 16.0 Å². The number of halogens is 3. The first-order chi connectivity index (χ1) is 18.2. The Hall–Kier alpha value is -4.11. The minimum Gasteiger partial charge on any atom is -0.481 e. The average molecular weight is 538 g/mol. The Morgan fingerprint density at radius 3 is 2.29 bits per heavy atom. The fourth-order valence-electron chi connectivity index (χ4n) is 4.50. The first-order valence-electron chi connectivity index (χ1n) is 11.8. The van der Waals surface area contributed by atoms with Crippen molar-refractivity contribution in [1.82, 2.24) is 0 Å². The molecule has 1 saturated carbocycles. The van der Waals surface area contributed by atoms with E-state index in [9.17, 15) is 27.9 Å². The number of benzene rings is 3. The number of carbonyl (C=O) groups is 2. The van der Waals surface area contributed by atoms with E-state index in [1.54, 1.807) is 24.3 Å². The molecular weight excluding hydrogens is 515 g/mol. The Morgan fingerprint density at radius 1 is 0.974 bits per heavy atom. The van der Waals surface area contributed by atoms with Crippen molar-refractivity contribution in [3.8, 4) is 21.6 Å². The van der Waals surface area contributed by atoms with Crippen LogP contribution in [0.3, 0.4) is 0 Å². The fraction of sp³-hybridized carbons (Fsp3) is 0.172. The van der Waals surface area contributed by atoms with Crippen molar-refractivity contribution < 1.29 is 32.6 Å². The van der Waals surface area contributed by atoms with Crippen LogP contribution in [0.5, 0.6) is 0 Å². The molecule has 0 saturated heterocycles. The molecule has 1 fully saturated rings. The third kappa shape index (κ3) is 4.89.